The maximum atomic E-state index is 6.28. The molecule has 2 unspecified atom stereocenters. The second kappa shape index (κ2) is 5.02. The Morgan fingerprint density at radius 2 is 2.41 bits per heavy atom. The van der Waals surface area contributed by atoms with E-state index in [1.165, 1.54) is 0 Å². The molecule has 0 aliphatic carbocycles. The fourth-order valence-electron chi connectivity index (χ4n) is 2.25. The summed E-state index contributed by atoms with van der Waals surface area (Å²) in [5.74, 6) is 0.766. The number of hydrogen-bond acceptors (Lipinski definition) is 4. The summed E-state index contributed by atoms with van der Waals surface area (Å²) in [6.07, 6.45) is 5.56. The van der Waals surface area contributed by atoms with Gasteiger partial charge in [0, 0.05) is 12.8 Å². The zero-order valence-corrected chi connectivity index (χ0v) is 10.5. The first-order chi connectivity index (χ1) is 8.15. The summed E-state index contributed by atoms with van der Waals surface area (Å²) in [4.78, 5) is 4.17. The molecule has 0 aromatic carbocycles. The zero-order chi connectivity index (χ0) is 12.3. The summed E-state index contributed by atoms with van der Waals surface area (Å²) in [5.41, 5.74) is 6.98. The molecule has 0 spiro atoms. The molecule has 0 radical (unpaired) electrons. The highest BCUT2D eigenvalue weighted by atomic mass is 16.5. The quantitative estimate of drug-likeness (QED) is 0.869. The second-order valence-electron chi connectivity index (χ2n) is 4.63. The molecule has 1 aromatic rings. The van der Waals surface area contributed by atoms with E-state index in [4.69, 9.17) is 15.2 Å². The van der Waals surface area contributed by atoms with Crippen LogP contribution in [0, 0.1) is 0 Å². The van der Waals surface area contributed by atoms with Gasteiger partial charge in [0.25, 0.3) is 0 Å². The fourth-order valence-corrected chi connectivity index (χ4v) is 2.25. The molecule has 0 saturated carbocycles. The van der Waals surface area contributed by atoms with Crippen LogP contribution in [0.5, 0.6) is 5.75 Å². The van der Waals surface area contributed by atoms with Gasteiger partial charge in [-0.25, -0.2) is 0 Å². The molecule has 1 fully saturated rings. The molecule has 1 aliphatic heterocycles. The van der Waals surface area contributed by atoms with Gasteiger partial charge in [0.15, 0.2) is 0 Å². The maximum absolute atomic E-state index is 6.28. The van der Waals surface area contributed by atoms with E-state index in [1.807, 2.05) is 13.0 Å². The van der Waals surface area contributed by atoms with Crippen molar-refractivity contribution in [1.82, 2.24) is 4.98 Å². The van der Waals surface area contributed by atoms with Crippen molar-refractivity contribution < 1.29 is 9.47 Å². The van der Waals surface area contributed by atoms with Crippen LogP contribution < -0.4 is 10.5 Å². The third-order valence-electron chi connectivity index (χ3n) is 3.31. The van der Waals surface area contributed by atoms with Crippen molar-refractivity contribution in [1.29, 1.82) is 0 Å². The van der Waals surface area contributed by atoms with Crippen molar-refractivity contribution >= 4 is 0 Å². The van der Waals surface area contributed by atoms with Gasteiger partial charge in [-0.1, -0.05) is 0 Å². The van der Waals surface area contributed by atoms with E-state index in [9.17, 15) is 0 Å². The predicted molar refractivity (Wildman–Crippen MR) is 65.9 cm³/mol. The number of pyridine rings is 1. The van der Waals surface area contributed by atoms with Crippen LogP contribution in [0.15, 0.2) is 18.5 Å². The van der Waals surface area contributed by atoms with Gasteiger partial charge in [0.1, 0.15) is 5.75 Å². The Kier molecular flexibility index (Phi) is 3.64. The fraction of sp³-hybridized carbons (Fsp3) is 0.615. The Bertz CT molecular complexity index is 375. The molecule has 2 heterocycles. The Hall–Kier alpha value is -1.13. The zero-order valence-electron chi connectivity index (χ0n) is 10.5. The molecule has 1 aromatic heterocycles. The highest BCUT2D eigenvalue weighted by Crippen LogP contribution is 2.36. The molecule has 1 aliphatic rings. The molecule has 0 bridgehead atoms. The minimum atomic E-state index is -0.271. The van der Waals surface area contributed by atoms with Gasteiger partial charge in [0.2, 0.25) is 0 Å². The molecule has 4 nitrogen and oxygen atoms in total. The van der Waals surface area contributed by atoms with E-state index < -0.39 is 0 Å². The number of nitrogens with two attached hydrogens (primary N) is 1. The van der Waals surface area contributed by atoms with E-state index in [0.717, 1.165) is 30.8 Å². The van der Waals surface area contributed by atoms with Gasteiger partial charge in [-0.3, -0.25) is 4.98 Å². The van der Waals surface area contributed by atoms with Gasteiger partial charge in [0.05, 0.1) is 24.4 Å². The summed E-state index contributed by atoms with van der Waals surface area (Å²) < 4.78 is 11.2. The van der Waals surface area contributed by atoms with Crippen LogP contribution >= 0.6 is 0 Å². The largest absolute Gasteiger partial charge is 0.492 e. The van der Waals surface area contributed by atoms with Crippen molar-refractivity contribution in [2.24, 2.45) is 5.73 Å². The summed E-state index contributed by atoms with van der Waals surface area (Å²) in [6.45, 7) is 5.45. The monoisotopic (exact) mass is 236 g/mol. The van der Waals surface area contributed by atoms with E-state index in [2.05, 4.69) is 11.9 Å². The van der Waals surface area contributed by atoms with Crippen LogP contribution in [0.2, 0.25) is 0 Å². The first-order valence-electron chi connectivity index (χ1n) is 6.13. The Morgan fingerprint density at radius 1 is 1.59 bits per heavy atom. The van der Waals surface area contributed by atoms with Crippen molar-refractivity contribution in [3.05, 3.63) is 24.0 Å². The smallest absolute Gasteiger partial charge is 0.137 e. The minimum absolute atomic E-state index is 0.155. The minimum Gasteiger partial charge on any atom is -0.492 e. The highest BCUT2D eigenvalue weighted by molar-refractivity contribution is 5.27. The van der Waals surface area contributed by atoms with Gasteiger partial charge < -0.3 is 15.2 Å². The van der Waals surface area contributed by atoms with Crippen molar-refractivity contribution in [3.63, 3.8) is 0 Å². The predicted octanol–water partition coefficient (Wildman–Crippen LogP) is 2.05. The number of rotatable bonds is 4. The Labute approximate surface area is 102 Å². The molecular weight excluding hydrogens is 216 g/mol. The summed E-state index contributed by atoms with van der Waals surface area (Å²) in [5, 5.41) is 0. The third kappa shape index (κ3) is 2.58. The van der Waals surface area contributed by atoms with Crippen molar-refractivity contribution in [3.8, 4) is 5.75 Å². The Morgan fingerprint density at radius 3 is 3.06 bits per heavy atom. The maximum Gasteiger partial charge on any atom is 0.137 e. The van der Waals surface area contributed by atoms with Crippen LogP contribution in [-0.2, 0) is 4.74 Å². The average molecular weight is 236 g/mol. The standard InChI is InChI=1S/C13H20N2O2/c1-3-16-11-7-10(8-15-9-11)12(14)13(2)5-4-6-17-13/h7-9,12H,3-6,14H2,1-2H3. The highest BCUT2D eigenvalue weighted by Gasteiger charge is 2.37. The van der Waals surface area contributed by atoms with Gasteiger partial charge in [-0.15, -0.1) is 0 Å². The first kappa shape index (κ1) is 12.3. The third-order valence-corrected chi connectivity index (χ3v) is 3.31. The molecule has 1 saturated heterocycles. The van der Waals surface area contributed by atoms with E-state index >= 15 is 0 Å². The molecule has 2 atom stereocenters. The van der Waals surface area contributed by atoms with Crippen molar-refractivity contribution in [2.45, 2.75) is 38.3 Å². The molecule has 94 valence electrons. The molecule has 4 heteroatoms. The summed E-state index contributed by atoms with van der Waals surface area (Å²) in [6, 6.07) is 1.80. The molecular formula is C13H20N2O2. The van der Waals surface area contributed by atoms with Crippen LogP contribution in [0.4, 0.5) is 0 Å². The first-order valence-corrected chi connectivity index (χ1v) is 6.13. The van der Waals surface area contributed by atoms with Gasteiger partial charge in [-0.2, -0.15) is 0 Å². The lowest BCUT2D eigenvalue weighted by atomic mass is 9.89. The van der Waals surface area contributed by atoms with Crippen LogP contribution in [0.25, 0.3) is 0 Å². The van der Waals surface area contributed by atoms with Crippen LogP contribution in [0.1, 0.15) is 38.3 Å². The second-order valence-corrected chi connectivity index (χ2v) is 4.63. The number of ether oxygens (including phenoxy) is 2. The number of hydrogen-bond donors (Lipinski definition) is 1. The van der Waals surface area contributed by atoms with E-state index in [0.29, 0.717) is 6.61 Å². The van der Waals surface area contributed by atoms with E-state index in [1.54, 1.807) is 12.4 Å². The Balaban J connectivity index is 2.18. The average Bonchev–Trinajstić information content (AvgIpc) is 2.77. The van der Waals surface area contributed by atoms with Crippen LogP contribution in [0.3, 0.4) is 0 Å². The lowest BCUT2D eigenvalue weighted by Crippen LogP contribution is -2.37. The topological polar surface area (TPSA) is 57.4 Å². The van der Waals surface area contributed by atoms with Crippen LogP contribution in [-0.4, -0.2) is 23.8 Å². The van der Waals surface area contributed by atoms with Gasteiger partial charge >= 0.3 is 0 Å². The SMILES string of the molecule is CCOc1cncc(C(N)C2(C)CCCO2)c1. The molecule has 17 heavy (non-hydrogen) atoms. The summed E-state index contributed by atoms with van der Waals surface area (Å²) >= 11 is 0. The molecule has 2 N–H and O–H groups in total. The summed E-state index contributed by atoms with van der Waals surface area (Å²) in [7, 11) is 0. The van der Waals surface area contributed by atoms with Crippen molar-refractivity contribution in [2.75, 3.05) is 13.2 Å². The lowest BCUT2D eigenvalue weighted by Gasteiger charge is -2.30. The van der Waals surface area contributed by atoms with Gasteiger partial charge in [-0.05, 0) is 38.3 Å². The number of aromatic nitrogens is 1. The normalized spacial score (nSPS) is 25.8. The molecule has 0 amide bonds. The molecule has 2 rings (SSSR count). The number of nitrogens with zero attached hydrogens (tertiary/aromatic N) is 1. The van der Waals surface area contributed by atoms with E-state index in [-0.39, 0.29) is 11.6 Å². The lowest BCUT2D eigenvalue weighted by molar-refractivity contribution is -0.00185.